The van der Waals surface area contributed by atoms with E-state index >= 15 is 0 Å². The van der Waals surface area contributed by atoms with Gasteiger partial charge in [-0.15, -0.1) is 0 Å². The Morgan fingerprint density at radius 2 is 0.959 bits per heavy atom. The van der Waals surface area contributed by atoms with Gasteiger partial charge < -0.3 is 112 Å². The number of aliphatic hydroxyl groups is 1. The minimum absolute atomic E-state index is 0.0170. The van der Waals surface area contributed by atoms with Crippen LogP contribution in [-0.2, 0) is 81.5 Å². The Morgan fingerprint density at radius 3 is 1.45 bits per heavy atom. The Labute approximate surface area is 566 Å². The highest BCUT2D eigenvalue weighted by atomic mass is 16.4. The Bertz CT molecular complexity index is 2910. The van der Waals surface area contributed by atoms with Gasteiger partial charge in [-0.3, -0.25) is 81.7 Å². The fraction of sp³-hybridized carbons (Fsp3) is 0.695. The molecule has 0 unspecified atom stereocenters. The number of likely N-dealkylation sites (tertiary alicyclic amines) is 2. The van der Waals surface area contributed by atoms with Gasteiger partial charge >= 0.3 is 5.97 Å². The molecule has 2 aliphatic heterocycles. The zero-order valence-electron chi connectivity index (χ0n) is 56.6. The summed E-state index contributed by atoms with van der Waals surface area (Å²) in [7, 11) is 0. The predicted octanol–water partition coefficient (Wildman–Crippen LogP) is -9.30. The second-order valence-corrected chi connectivity index (χ2v) is 24.5. The first-order chi connectivity index (χ1) is 45.9. The van der Waals surface area contributed by atoms with E-state index in [2.05, 4.69) is 68.8 Å². The number of hydrogen-bond acceptors (Lipinski definition) is 20. The lowest BCUT2D eigenvalue weighted by Crippen LogP contribution is -2.58. The fourth-order valence-corrected chi connectivity index (χ4v) is 10.2. The molecule has 24 N–H and O–H groups in total. The summed E-state index contributed by atoms with van der Waals surface area (Å²) in [6.07, 6.45) is -1.65. The second-order valence-electron chi connectivity index (χ2n) is 24.5. The van der Waals surface area contributed by atoms with Crippen LogP contribution in [0, 0.1) is 17.8 Å². The van der Waals surface area contributed by atoms with Crippen LogP contribution < -0.4 is 92.5 Å². The molecule has 0 saturated carbocycles. The highest BCUT2D eigenvalue weighted by Gasteiger charge is 2.41. The molecule has 2 heterocycles. The van der Waals surface area contributed by atoms with Gasteiger partial charge in [0.25, 0.3) is 0 Å². The summed E-state index contributed by atoms with van der Waals surface area (Å²) in [5.74, 6) is -16.8. The van der Waals surface area contributed by atoms with E-state index in [1.165, 1.54) is 23.6 Å². The molecule has 550 valence electrons. The number of nitrogens with one attached hydrogen (secondary N) is 12. The normalized spacial score (nSPS) is 17.2. The van der Waals surface area contributed by atoms with Crippen molar-refractivity contribution in [2.24, 2.45) is 51.4 Å². The summed E-state index contributed by atoms with van der Waals surface area (Å²) in [6.45, 7) is 8.97. The van der Waals surface area contributed by atoms with Gasteiger partial charge in [-0.1, -0.05) is 48.0 Å². The van der Waals surface area contributed by atoms with Crippen LogP contribution in [0.2, 0.25) is 0 Å². The van der Waals surface area contributed by atoms with Gasteiger partial charge in [0, 0.05) is 32.5 Å². The lowest BCUT2D eigenvalue weighted by molar-refractivity contribution is -0.144. The molecule has 0 aromatic heterocycles. The van der Waals surface area contributed by atoms with Crippen molar-refractivity contribution in [1.29, 1.82) is 0 Å². The van der Waals surface area contributed by atoms with Crippen molar-refractivity contribution in [3.63, 3.8) is 0 Å². The molecule has 2 aliphatic rings. The maximum atomic E-state index is 13.8. The third kappa shape index (κ3) is 28.9. The SMILES string of the molecule is CC[C@H](C)[C@H](NC(=O)CNC(=O)[C@H](CCC(N)=O)NC(=O)[C@@H]1CCCN1C(=O)CNC(=O)[C@@H]1CCCN1C(=O)[C@@H](NC(=O)CN)[C@@H](C)O)C(=O)N[C@@H](C)C(=O)NCC(=O)N[C@@H](CCC(N)=O)C(=O)N[C@@H](CCCN=C(N)N)C(=O)NCC(=O)N[C@H](C(=O)N[C@H](C(=O)O)C(C)C)C(C)C. The van der Waals surface area contributed by atoms with Gasteiger partial charge in [-0.05, 0) is 83.0 Å². The largest absolute Gasteiger partial charge is 0.480 e. The summed E-state index contributed by atoms with van der Waals surface area (Å²) in [4.78, 5) is 228. The third-order valence-corrected chi connectivity index (χ3v) is 15.9. The number of hydrogen-bond donors (Lipinski definition) is 19. The molecule has 0 bridgehead atoms. The van der Waals surface area contributed by atoms with Crippen molar-refractivity contribution in [3.8, 4) is 0 Å². The molecule has 0 aromatic rings. The number of amides is 16. The Balaban J connectivity index is 2.11. The number of carbonyl (C=O) groups is 17. The van der Waals surface area contributed by atoms with E-state index < -0.39 is 237 Å². The van der Waals surface area contributed by atoms with Gasteiger partial charge in [0.2, 0.25) is 94.5 Å². The number of aliphatic hydroxyl groups excluding tert-OH is 1. The molecule has 0 aliphatic carbocycles. The second kappa shape index (κ2) is 42.0. The maximum absolute atomic E-state index is 13.8. The molecule has 2 rings (SSSR count). The quantitative estimate of drug-likeness (QED) is 0.0153. The smallest absolute Gasteiger partial charge is 0.326 e. The van der Waals surface area contributed by atoms with Crippen molar-refractivity contribution >= 4 is 106 Å². The van der Waals surface area contributed by atoms with E-state index in [4.69, 9.17) is 28.7 Å². The van der Waals surface area contributed by atoms with E-state index in [-0.39, 0.29) is 57.7 Å². The molecular weight excluding hydrogens is 1290 g/mol. The van der Waals surface area contributed by atoms with Crippen LogP contribution in [0.1, 0.15) is 126 Å². The number of nitrogens with two attached hydrogens (primary N) is 5. The molecule has 98 heavy (non-hydrogen) atoms. The predicted molar refractivity (Wildman–Crippen MR) is 347 cm³/mol. The molecule has 39 heteroatoms. The highest BCUT2D eigenvalue weighted by Crippen LogP contribution is 2.21. The number of nitrogens with zero attached hydrogens (tertiary/aromatic N) is 3. The van der Waals surface area contributed by atoms with E-state index in [1.807, 2.05) is 0 Å². The van der Waals surface area contributed by atoms with Crippen molar-refractivity contribution in [1.82, 2.24) is 73.6 Å². The molecular formula is C59H100N20O19. The minimum atomic E-state index is -1.57. The Morgan fingerprint density at radius 1 is 0.490 bits per heavy atom. The molecule has 12 atom stereocenters. The zero-order valence-corrected chi connectivity index (χ0v) is 56.6. The van der Waals surface area contributed by atoms with Gasteiger partial charge in [-0.2, -0.15) is 0 Å². The van der Waals surface area contributed by atoms with E-state index in [1.54, 1.807) is 41.5 Å². The van der Waals surface area contributed by atoms with Crippen molar-refractivity contribution < 1.29 is 91.7 Å². The lowest BCUT2D eigenvalue weighted by Gasteiger charge is -2.30. The topological polar surface area (TPSA) is 624 Å². The third-order valence-electron chi connectivity index (χ3n) is 15.9. The van der Waals surface area contributed by atoms with Crippen LogP contribution >= 0.6 is 0 Å². The number of aliphatic imine (C=N–C) groups is 1. The van der Waals surface area contributed by atoms with Crippen molar-refractivity contribution in [3.05, 3.63) is 0 Å². The van der Waals surface area contributed by atoms with E-state index in [0.29, 0.717) is 19.3 Å². The van der Waals surface area contributed by atoms with Crippen molar-refractivity contribution in [2.75, 3.05) is 52.4 Å². The molecule has 0 radical (unpaired) electrons. The maximum Gasteiger partial charge on any atom is 0.326 e. The van der Waals surface area contributed by atoms with E-state index in [9.17, 15) is 91.7 Å². The first kappa shape index (κ1) is 84.3. The molecule has 2 fully saturated rings. The fourth-order valence-electron chi connectivity index (χ4n) is 10.2. The molecule has 2 saturated heterocycles. The molecule has 16 amide bonds. The summed E-state index contributed by atoms with van der Waals surface area (Å²) in [5.41, 5.74) is 26.9. The van der Waals surface area contributed by atoms with Crippen LogP contribution in [0.5, 0.6) is 0 Å². The van der Waals surface area contributed by atoms with Gasteiger partial charge in [0.1, 0.15) is 60.4 Å². The van der Waals surface area contributed by atoms with Crippen LogP contribution in [-0.4, -0.2) is 245 Å². The monoisotopic (exact) mass is 1390 g/mol. The number of carboxylic acid groups (broad SMARTS) is 1. The van der Waals surface area contributed by atoms with Gasteiger partial charge in [-0.25, -0.2) is 4.79 Å². The van der Waals surface area contributed by atoms with E-state index in [0.717, 1.165) is 0 Å². The number of guanidine groups is 1. The standard InChI is InChI=1S/C59H100N20O19/c1-9-30(6)47(76-43(86)26-68-51(90)34(16-18-38(61)81)73-54(93)37-15-11-21-78(37)44(87)27-69-53(92)36-14-12-22-79(36)57(96)48(32(8)80)74-40(83)23-60)56(95)70-31(7)49(88)66-24-41(84)71-35(17-19-39(62)82)52(91)72-33(13-10-20-65-59(63)64)50(89)67-25-42(85)75-45(28(2)3)55(94)77-46(29(4)5)58(97)98/h28-37,45-48,80H,9-27,60H2,1-8H3,(H2,61,81)(H2,62,82)(H,66,88)(H,67,89)(H,68,90)(H,69,92)(H,70,95)(H,71,84)(H,72,91)(H,73,93)(H,74,83)(H,75,85)(H,76,86)(H,77,94)(H,97,98)(H4,63,64,65)/t30-,31-,32+,33-,34-,35-,36-,37-,45-,46-,47-,48-/m0/s1. The highest BCUT2D eigenvalue weighted by molar-refractivity contribution is 5.99. The average molecular weight is 1390 g/mol. The van der Waals surface area contributed by atoms with Crippen LogP contribution in [0.4, 0.5) is 0 Å². The number of primary amides is 2. The number of rotatable bonds is 42. The van der Waals surface area contributed by atoms with Gasteiger partial charge in [0.15, 0.2) is 5.96 Å². The molecule has 39 nitrogen and oxygen atoms in total. The number of aliphatic carboxylic acids is 1. The summed E-state index contributed by atoms with van der Waals surface area (Å²) < 4.78 is 0. The molecule has 0 aromatic carbocycles. The van der Waals surface area contributed by atoms with Crippen LogP contribution in [0.3, 0.4) is 0 Å². The van der Waals surface area contributed by atoms with Crippen LogP contribution in [0.15, 0.2) is 4.99 Å². The first-order valence-corrected chi connectivity index (χ1v) is 32.3. The summed E-state index contributed by atoms with van der Waals surface area (Å²) in [5, 5.41) is 48.7. The number of carboxylic acids is 1. The molecule has 0 spiro atoms. The summed E-state index contributed by atoms with van der Waals surface area (Å²) in [6, 6.07) is -13.3. The Kier molecular flexibility index (Phi) is 36.1. The first-order valence-electron chi connectivity index (χ1n) is 32.3. The summed E-state index contributed by atoms with van der Waals surface area (Å²) >= 11 is 0. The number of carbonyl (C=O) groups excluding carboxylic acids is 16. The van der Waals surface area contributed by atoms with Gasteiger partial charge in [0.05, 0.1) is 38.8 Å². The average Bonchev–Trinajstić information content (AvgIpc) is 1.73. The zero-order chi connectivity index (χ0) is 74.3. The lowest BCUT2D eigenvalue weighted by atomic mass is 9.98. The van der Waals surface area contributed by atoms with Crippen molar-refractivity contribution in [2.45, 2.75) is 193 Å². The van der Waals surface area contributed by atoms with Crippen LogP contribution in [0.25, 0.3) is 0 Å². The minimum Gasteiger partial charge on any atom is -0.480 e. The Hall–Kier alpha value is -9.82.